The van der Waals surface area contributed by atoms with Gasteiger partial charge in [0, 0.05) is 37.9 Å². The molecule has 1 aliphatic heterocycles. The number of carbonyl (C=O) groups excluding carboxylic acids is 1. The molecule has 23 heavy (non-hydrogen) atoms. The molecule has 1 fully saturated rings. The van der Waals surface area contributed by atoms with Crippen molar-refractivity contribution in [3.8, 4) is 5.75 Å². The van der Waals surface area contributed by atoms with E-state index < -0.39 is 5.60 Å². The average Bonchev–Trinajstić information content (AvgIpc) is 2.46. The van der Waals surface area contributed by atoms with Crippen molar-refractivity contribution in [3.63, 3.8) is 0 Å². The first-order chi connectivity index (χ1) is 10.8. The Bertz CT molecular complexity index is 542. The summed E-state index contributed by atoms with van der Waals surface area (Å²) in [6.07, 6.45) is 1.51. The van der Waals surface area contributed by atoms with Crippen LogP contribution in [-0.2, 0) is 4.74 Å². The highest BCUT2D eigenvalue weighted by molar-refractivity contribution is 5.68. The zero-order chi connectivity index (χ0) is 17.0. The first kappa shape index (κ1) is 17.4. The number of aromatic nitrogens is 1. The van der Waals surface area contributed by atoms with Gasteiger partial charge in [-0.3, -0.25) is 0 Å². The summed E-state index contributed by atoms with van der Waals surface area (Å²) in [4.78, 5) is 20.6. The Kier molecular flexibility index (Phi) is 5.34. The summed E-state index contributed by atoms with van der Waals surface area (Å²) in [7, 11) is 0. The summed E-state index contributed by atoms with van der Waals surface area (Å²) in [5.74, 6) is 1.70. The molecule has 2 rings (SSSR count). The Morgan fingerprint density at radius 2 is 2.13 bits per heavy atom. The van der Waals surface area contributed by atoms with Crippen molar-refractivity contribution in [2.45, 2.75) is 46.3 Å². The molecular weight excluding hydrogens is 294 g/mol. The topological polar surface area (TPSA) is 54.9 Å². The van der Waals surface area contributed by atoms with Crippen LogP contribution in [0, 0.1) is 0 Å². The van der Waals surface area contributed by atoms with E-state index in [9.17, 15) is 4.79 Å². The third-order valence-corrected chi connectivity index (χ3v) is 3.60. The maximum Gasteiger partial charge on any atom is 0.410 e. The lowest BCUT2D eigenvalue weighted by Gasteiger charge is -2.40. The maximum atomic E-state index is 12.2. The van der Waals surface area contributed by atoms with Crippen molar-refractivity contribution >= 4 is 11.9 Å². The van der Waals surface area contributed by atoms with Crippen molar-refractivity contribution < 1.29 is 14.3 Å². The van der Waals surface area contributed by atoms with E-state index in [2.05, 4.69) is 16.8 Å². The van der Waals surface area contributed by atoms with Gasteiger partial charge in [0.2, 0.25) is 0 Å². The molecule has 1 aromatic heterocycles. The fraction of sp³-hybridized carbons (Fsp3) is 0.647. The van der Waals surface area contributed by atoms with E-state index in [1.54, 1.807) is 11.1 Å². The summed E-state index contributed by atoms with van der Waals surface area (Å²) in [6, 6.07) is 3.97. The van der Waals surface area contributed by atoms with Gasteiger partial charge in [-0.15, -0.1) is 0 Å². The lowest BCUT2D eigenvalue weighted by atomic mass is 10.2. The van der Waals surface area contributed by atoms with Gasteiger partial charge in [-0.2, -0.15) is 0 Å². The molecule has 1 amide bonds. The zero-order valence-corrected chi connectivity index (χ0v) is 14.7. The number of carbonyl (C=O) groups is 1. The fourth-order valence-corrected chi connectivity index (χ4v) is 2.60. The molecule has 6 heteroatoms. The number of nitrogens with zero attached hydrogens (tertiary/aromatic N) is 3. The molecule has 6 nitrogen and oxygen atoms in total. The number of anilines is 1. The maximum absolute atomic E-state index is 12.2. The van der Waals surface area contributed by atoms with E-state index in [4.69, 9.17) is 9.47 Å². The molecule has 0 aromatic carbocycles. The number of pyridine rings is 1. The van der Waals surface area contributed by atoms with Gasteiger partial charge in [0.15, 0.2) is 0 Å². The molecule has 1 atom stereocenters. The van der Waals surface area contributed by atoms with E-state index in [0.717, 1.165) is 18.1 Å². The van der Waals surface area contributed by atoms with Gasteiger partial charge in [-0.25, -0.2) is 9.78 Å². The normalized spacial score (nSPS) is 18.7. The summed E-state index contributed by atoms with van der Waals surface area (Å²) in [5.41, 5.74) is -0.467. The second-order valence-corrected chi connectivity index (χ2v) is 6.75. The molecule has 1 aliphatic rings. The van der Waals surface area contributed by atoms with Gasteiger partial charge in [0.1, 0.15) is 17.2 Å². The van der Waals surface area contributed by atoms with Gasteiger partial charge < -0.3 is 19.3 Å². The minimum Gasteiger partial charge on any atom is -0.494 e. The summed E-state index contributed by atoms with van der Waals surface area (Å²) < 4.78 is 11.0. The largest absolute Gasteiger partial charge is 0.494 e. The number of hydrogen-bond acceptors (Lipinski definition) is 5. The van der Waals surface area contributed by atoms with Gasteiger partial charge in [-0.1, -0.05) is 0 Å². The van der Waals surface area contributed by atoms with Crippen LogP contribution in [0.15, 0.2) is 18.3 Å². The summed E-state index contributed by atoms with van der Waals surface area (Å²) >= 11 is 0. The van der Waals surface area contributed by atoms with Crippen LogP contribution in [0.25, 0.3) is 0 Å². The van der Waals surface area contributed by atoms with Gasteiger partial charge in [0.25, 0.3) is 0 Å². The number of ether oxygens (including phenoxy) is 2. The zero-order valence-electron chi connectivity index (χ0n) is 14.7. The Labute approximate surface area is 138 Å². The van der Waals surface area contributed by atoms with Crippen LogP contribution in [0.4, 0.5) is 10.6 Å². The molecule has 1 unspecified atom stereocenters. The van der Waals surface area contributed by atoms with Crippen LogP contribution in [0.5, 0.6) is 5.75 Å². The molecule has 0 saturated carbocycles. The Hall–Kier alpha value is -1.98. The molecule has 1 saturated heterocycles. The molecule has 2 heterocycles. The third-order valence-electron chi connectivity index (χ3n) is 3.60. The van der Waals surface area contributed by atoms with E-state index in [0.29, 0.717) is 19.7 Å². The van der Waals surface area contributed by atoms with Gasteiger partial charge in [0.05, 0.1) is 6.61 Å². The predicted octanol–water partition coefficient (Wildman–Crippen LogP) is 2.93. The van der Waals surface area contributed by atoms with Crippen molar-refractivity contribution in [2.24, 2.45) is 0 Å². The molecule has 128 valence electrons. The highest BCUT2D eigenvalue weighted by Gasteiger charge is 2.30. The summed E-state index contributed by atoms with van der Waals surface area (Å²) in [5, 5.41) is 0. The van der Waals surface area contributed by atoms with E-state index in [1.807, 2.05) is 39.8 Å². The quantitative estimate of drug-likeness (QED) is 0.857. The smallest absolute Gasteiger partial charge is 0.410 e. The standard InChI is InChI=1S/C17H27N3O3/c1-6-22-14-7-8-18-15(11-14)20-10-9-19(12-13(20)2)16(21)23-17(3,4)5/h7-8,11,13H,6,9-10,12H2,1-5H3. The molecule has 0 aliphatic carbocycles. The van der Waals surface area contributed by atoms with E-state index in [-0.39, 0.29) is 12.1 Å². The van der Waals surface area contributed by atoms with Crippen LogP contribution in [0.3, 0.4) is 0 Å². The highest BCUT2D eigenvalue weighted by atomic mass is 16.6. The van der Waals surface area contributed by atoms with Crippen LogP contribution in [0.2, 0.25) is 0 Å². The second-order valence-electron chi connectivity index (χ2n) is 6.75. The first-order valence-corrected chi connectivity index (χ1v) is 8.13. The van der Waals surface area contributed by atoms with Crippen molar-refractivity contribution in [1.82, 2.24) is 9.88 Å². The minimum absolute atomic E-state index is 0.167. The first-order valence-electron chi connectivity index (χ1n) is 8.13. The monoisotopic (exact) mass is 321 g/mol. The highest BCUT2D eigenvalue weighted by Crippen LogP contribution is 2.23. The Balaban J connectivity index is 2.01. The average molecular weight is 321 g/mol. The fourth-order valence-electron chi connectivity index (χ4n) is 2.60. The van der Waals surface area contributed by atoms with Gasteiger partial charge >= 0.3 is 6.09 Å². The van der Waals surface area contributed by atoms with Crippen LogP contribution in [0.1, 0.15) is 34.6 Å². The Morgan fingerprint density at radius 1 is 1.39 bits per heavy atom. The third kappa shape index (κ3) is 4.74. The van der Waals surface area contributed by atoms with Crippen molar-refractivity contribution in [2.75, 3.05) is 31.1 Å². The molecule has 0 radical (unpaired) electrons. The lowest BCUT2D eigenvalue weighted by molar-refractivity contribution is 0.0218. The molecule has 0 bridgehead atoms. The number of rotatable bonds is 3. The van der Waals surface area contributed by atoms with E-state index in [1.165, 1.54) is 0 Å². The van der Waals surface area contributed by atoms with Crippen molar-refractivity contribution in [3.05, 3.63) is 18.3 Å². The molecule has 1 aromatic rings. The van der Waals surface area contributed by atoms with Crippen LogP contribution < -0.4 is 9.64 Å². The van der Waals surface area contributed by atoms with Gasteiger partial charge in [-0.05, 0) is 40.7 Å². The van der Waals surface area contributed by atoms with Crippen LogP contribution in [-0.4, -0.2) is 53.9 Å². The Morgan fingerprint density at radius 3 is 2.74 bits per heavy atom. The molecule has 0 spiro atoms. The number of amides is 1. The molecule has 0 N–H and O–H groups in total. The second kappa shape index (κ2) is 7.06. The summed E-state index contributed by atoms with van der Waals surface area (Å²) in [6.45, 7) is 12.3. The van der Waals surface area contributed by atoms with Crippen LogP contribution >= 0.6 is 0 Å². The predicted molar refractivity (Wildman–Crippen MR) is 90.0 cm³/mol. The van der Waals surface area contributed by atoms with Crippen molar-refractivity contribution in [1.29, 1.82) is 0 Å². The molecular formula is C17H27N3O3. The lowest BCUT2D eigenvalue weighted by Crippen LogP contribution is -2.54. The number of hydrogen-bond donors (Lipinski definition) is 0. The number of piperazine rings is 1. The van der Waals surface area contributed by atoms with E-state index >= 15 is 0 Å². The minimum atomic E-state index is -0.467. The SMILES string of the molecule is CCOc1ccnc(N2CCN(C(=O)OC(C)(C)C)CC2C)c1.